The molecule has 5 heteroatoms. The van der Waals surface area contributed by atoms with Crippen LogP contribution in [0, 0.1) is 6.92 Å². The summed E-state index contributed by atoms with van der Waals surface area (Å²) in [6.45, 7) is 7.12. The quantitative estimate of drug-likeness (QED) is 0.865. The van der Waals surface area contributed by atoms with E-state index in [1.54, 1.807) is 6.20 Å². The standard InChI is InChI=1S/C12H17N5/c1-9(2)13-7-11-8-15-17(10(11)3)12-5-4-6-14-16-12/h4-6,8-9,13H,7H2,1-3H3. The number of nitrogens with one attached hydrogen (secondary N) is 1. The van der Waals surface area contributed by atoms with Crippen molar-refractivity contribution in [3.05, 3.63) is 35.8 Å². The van der Waals surface area contributed by atoms with E-state index >= 15 is 0 Å². The van der Waals surface area contributed by atoms with Crippen molar-refractivity contribution in [2.75, 3.05) is 0 Å². The van der Waals surface area contributed by atoms with E-state index < -0.39 is 0 Å². The maximum atomic E-state index is 4.34. The summed E-state index contributed by atoms with van der Waals surface area (Å²) < 4.78 is 1.81. The molecule has 0 aromatic carbocycles. The average molecular weight is 231 g/mol. The number of nitrogens with zero attached hydrogens (tertiary/aromatic N) is 4. The van der Waals surface area contributed by atoms with E-state index in [1.165, 1.54) is 5.56 Å². The van der Waals surface area contributed by atoms with Crippen LogP contribution in [0.25, 0.3) is 5.82 Å². The van der Waals surface area contributed by atoms with Crippen LogP contribution in [-0.2, 0) is 6.54 Å². The van der Waals surface area contributed by atoms with Gasteiger partial charge < -0.3 is 5.32 Å². The van der Waals surface area contributed by atoms with Gasteiger partial charge in [0.05, 0.1) is 6.20 Å². The first kappa shape index (κ1) is 11.7. The molecule has 0 aliphatic carbocycles. The van der Waals surface area contributed by atoms with Crippen molar-refractivity contribution in [1.29, 1.82) is 0 Å². The molecular formula is C12H17N5. The topological polar surface area (TPSA) is 55.6 Å². The molecule has 0 spiro atoms. The van der Waals surface area contributed by atoms with E-state index in [1.807, 2.05) is 29.9 Å². The molecule has 0 atom stereocenters. The normalized spacial score (nSPS) is 11.1. The molecule has 0 fully saturated rings. The van der Waals surface area contributed by atoms with Gasteiger partial charge in [0.1, 0.15) is 0 Å². The molecule has 0 saturated carbocycles. The highest BCUT2D eigenvalue weighted by molar-refractivity contribution is 5.26. The Morgan fingerprint density at radius 1 is 1.41 bits per heavy atom. The molecule has 0 amide bonds. The van der Waals surface area contributed by atoms with Gasteiger partial charge in [-0.05, 0) is 19.1 Å². The van der Waals surface area contributed by atoms with Crippen molar-refractivity contribution in [2.24, 2.45) is 0 Å². The third-order valence-electron chi connectivity index (χ3n) is 2.59. The van der Waals surface area contributed by atoms with Gasteiger partial charge in [0.25, 0.3) is 0 Å². The first-order valence-electron chi connectivity index (χ1n) is 5.73. The molecule has 0 saturated heterocycles. The molecule has 2 aromatic heterocycles. The zero-order valence-corrected chi connectivity index (χ0v) is 10.4. The van der Waals surface area contributed by atoms with Crippen molar-refractivity contribution in [3.63, 3.8) is 0 Å². The molecule has 1 N–H and O–H groups in total. The minimum Gasteiger partial charge on any atom is -0.310 e. The fourth-order valence-corrected chi connectivity index (χ4v) is 1.57. The van der Waals surface area contributed by atoms with E-state index in [0.717, 1.165) is 18.1 Å². The Balaban J connectivity index is 2.21. The average Bonchev–Trinajstić information content (AvgIpc) is 2.69. The number of rotatable bonds is 4. The molecule has 90 valence electrons. The highest BCUT2D eigenvalue weighted by atomic mass is 15.3. The molecule has 0 aliphatic rings. The van der Waals surface area contributed by atoms with Crippen molar-refractivity contribution < 1.29 is 0 Å². The van der Waals surface area contributed by atoms with Crippen LogP contribution in [0.4, 0.5) is 0 Å². The van der Waals surface area contributed by atoms with E-state index in [9.17, 15) is 0 Å². The second-order valence-electron chi connectivity index (χ2n) is 4.28. The third kappa shape index (κ3) is 2.68. The Hall–Kier alpha value is -1.75. The van der Waals surface area contributed by atoms with Crippen LogP contribution in [0.3, 0.4) is 0 Å². The first-order valence-corrected chi connectivity index (χ1v) is 5.73. The highest BCUT2D eigenvalue weighted by Crippen LogP contribution is 2.11. The summed E-state index contributed by atoms with van der Waals surface area (Å²) in [7, 11) is 0. The Morgan fingerprint density at radius 2 is 2.24 bits per heavy atom. The van der Waals surface area contributed by atoms with Crippen LogP contribution in [0.15, 0.2) is 24.5 Å². The molecule has 2 heterocycles. The fourth-order valence-electron chi connectivity index (χ4n) is 1.57. The van der Waals surface area contributed by atoms with Crippen LogP contribution < -0.4 is 5.32 Å². The second-order valence-corrected chi connectivity index (χ2v) is 4.28. The van der Waals surface area contributed by atoms with Gasteiger partial charge in [-0.3, -0.25) is 0 Å². The summed E-state index contributed by atoms with van der Waals surface area (Å²) in [5, 5.41) is 15.6. The maximum absolute atomic E-state index is 4.34. The molecular weight excluding hydrogens is 214 g/mol. The number of hydrogen-bond donors (Lipinski definition) is 1. The lowest BCUT2D eigenvalue weighted by atomic mass is 10.2. The molecule has 5 nitrogen and oxygen atoms in total. The van der Waals surface area contributed by atoms with Gasteiger partial charge >= 0.3 is 0 Å². The van der Waals surface area contributed by atoms with Crippen LogP contribution >= 0.6 is 0 Å². The van der Waals surface area contributed by atoms with Crippen LogP contribution in [0.2, 0.25) is 0 Å². The highest BCUT2D eigenvalue weighted by Gasteiger charge is 2.08. The maximum Gasteiger partial charge on any atom is 0.175 e. The molecule has 0 radical (unpaired) electrons. The summed E-state index contributed by atoms with van der Waals surface area (Å²) in [5.41, 5.74) is 2.28. The largest absolute Gasteiger partial charge is 0.310 e. The summed E-state index contributed by atoms with van der Waals surface area (Å²) in [6, 6.07) is 4.22. The van der Waals surface area contributed by atoms with E-state index in [-0.39, 0.29) is 0 Å². The zero-order valence-electron chi connectivity index (χ0n) is 10.4. The van der Waals surface area contributed by atoms with Gasteiger partial charge in [-0.15, -0.1) is 5.10 Å². The third-order valence-corrected chi connectivity index (χ3v) is 2.59. The summed E-state index contributed by atoms with van der Waals surface area (Å²) in [6.07, 6.45) is 3.53. The Morgan fingerprint density at radius 3 is 2.88 bits per heavy atom. The molecule has 17 heavy (non-hydrogen) atoms. The monoisotopic (exact) mass is 231 g/mol. The lowest BCUT2D eigenvalue weighted by Crippen LogP contribution is -2.22. The molecule has 0 unspecified atom stereocenters. The van der Waals surface area contributed by atoms with Crippen LogP contribution in [-0.4, -0.2) is 26.0 Å². The molecule has 2 aromatic rings. The predicted octanol–water partition coefficient (Wildman–Crippen LogP) is 1.47. The lowest BCUT2D eigenvalue weighted by molar-refractivity contribution is 0.587. The van der Waals surface area contributed by atoms with E-state index in [4.69, 9.17) is 0 Å². The first-order chi connectivity index (χ1) is 8.18. The Labute approximate surface area is 101 Å². The van der Waals surface area contributed by atoms with Gasteiger partial charge in [-0.1, -0.05) is 13.8 Å². The van der Waals surface area contributed by atoms with Gasteiger partial charge in [0, 0.05) is 30.0 Å². The molecule has 2 rings (SSSR count). The van der Waals surface area contributed by atoms with Crippen LogP contribution in [0.1, 0.15) is 25.1 Å². The van der Waals surface area contributed by atoms with Crippen LogP contribution in [0.5, 0.6) is 0 Å². The van der Waals surface area contributed by atoms with Gasteiger partial charge in [0.2, 0.25) is 0 Å². The minimum atomic E-state index is 0.467. The van der Waals surface area contributed by atoms with Gasteiger partial charge in [-0.25, -0.2) is 4.68 Å². The Bertz CT molecular complexity index is 475. The van der Waals surface area contributed by atoms with Gasteiger partial charge in [-0.2, -0.15) is 10.2 Å². The smallest absolute Gasteiger partial charge is 0.175 e. The Kier molecular flexibility index (Phi) is 3.49. The minimum absolute atomic E-state index is 0.467. The summed E-state index contributed by atoms with van der Waals surface area (Å²) >= 11 is 0. The van der Waals surface area contributed by atoms with Crippen molar-refractivity contribution in [1.82, 2.24) is 25.3 Å². The lowest BCUT2D eigenvalue weighted by Gasteiger charge is -2.07. The van der Waals surface area contributed by atoms with E-state index in [2.05, 4.69) is 34.5 Å². The van der Waals surface area contributed by atoms with E-state index in [0.29, 0.717) is 6.04 Å². The van der Waals surface area contributed by atoms with Gasteiger partial charge in [0.15, 0.2) is 5.82 Å². The zero-order chi connectivity index (χ0) is 12.3. The number of hydrogen-bond acceptors (Lipinski definition) is 4. The number of aromatic nitrogens is 4. The van der Waals surface area contributed by atoms with Crippen molar-refractivity contribution in [3.8, 4) is 5.82 Å². The van der Waals surface area contributed by atoms with Crippen molar-refractivity contribution in [2.45, 2.75) is 33.4 Å². The summed E-state index contributed by atoms with van der Waals surface area (Å²) in [4.78, 5) is 0. The summed E-state index contributed by atoms with van der Waals surface area (Å²) in [5.74, 6) is 0.751. The molecule has 0 aliphatic heterocycles. The second kappa shape index (κ2) is 5.05. The SMILES string of the molecule is Cc1c(CNC(C)C)cnn1-c1cccnn1. The molecule has 0 bridgehead atoms. The van der Waals surface area contributed by atoms with Crippen molar-refractivity contribution >= 4 is 0 Å². The fraction of sp³-hybridized carbons (Fsp3) is 0.417. The predicted molar refractivity (Wildman–Crippen MR) is 65.9 cm³/mol.